The van der Waals surface area contributed by atoms with E-state index in [2.05, 4.69) is 27.9 Å². The van der Waals surface area contributed by atoms with Crippen molar-refractivity contribution in [3.05, 3.63) is 69.0 Å². The van der Waals surface area contributed by atoms with Gasteiger partial charge in [0.15, 0.2) is 0 Å². The van der Waals surface area contributed by atoms with Gasteiger partial charge in [0.25, 0.3) is 5.91 Å². The molecule has 0 saturated carbocycles. The quantitative estimate of drug-likeness (QED) is 0.742. The molecular formula is C16H13FINO3. The molecule has 0 saturated heterocycles. The molecule has 2 rings (SSSR count). The molecule has 2 aromatic rings. The SMILES string of the molecule is O=C(N[C@@H](Cc1ccccc1I)C(=O)O)c1ccccc1F. The van der Waals surface area contributed by atoms with Crippen molar-refractivity contribution in [2.45, 2.75) is 12.5 Å². The first-order valence-corrected chi connectivity index (χ1v) is 7.58. The molecule has 0 radical (unpaired) electrons. The molecule has 0 heterocycles. The third-order valence-corrected chi connectivity index (χ3v) is 4.16. The van der Waals surface area contributed by atoms with E-state index in [0.29, 0.717) is 0 Å². The predicted octanol–water partition coefficient (Wildman–Crippen LogP) is 2.86. The molecule has 0 unspecified atom stereocenters. The highest BCUT2D eigenvalue weighted by Gasteiger charge is 2.23. The van der Waals surface area contributed by atoms with Crippen LogP contribution >= 0.6 is 22.6 Å². The van der Waals surface area contributed by atoms with Crippen molar-refractivity contribution in [3.63, 3.8) is 0 Å². The summed E-state index contributed by atoms with van der Waals surface area (Å²) in [7, 11) is 0. The number of rotatable bonds is 5. The molecular weight excluding hydrogens is 400 g/mol. The second kappa shape index (κ2) is 7.35. The topological polar surface area (TPSA) is 66.4 Å². The van der Waals surface area contributed by atoms with Crippen LogP contribution in [0.1, 0.15) is 15.9 Å². The first-order chi connectivity index (χ1) is 10.5. The minimum Gasteiger partial charge on any atom is -0.480 e. The molecule has 0 aliphatic heterocycles. The lowest BCUT2D eigenvalue weighted by atomic mass is 10.1. The Morgan fingerprint density at radius 3 is 2.41 bits per heavy atom. The number of benzene rings is 2. The number of amides is 1. The van der Waals surface area contributed by atoms with Crippen molar-refractivity contribution < 1.29 is 19.1 Å². The van der Waals surface area contributed by atoms with Gasteiger partial charge in [0.1, 0.15) is 11.9 Å². The molecule has 2 N–H and O–H groups in total. The standard InChI is InChI=1S/C16H13FINO3/c17-12-7-3-2-6-11(12)15(20)19-14(16(21)22)9-10-5-1-4-8-13(10)18/h1-8,14H,9H2,(H,19,20)(H,21,22)/t14-/m0/s1. The zero-order valence-electron chi connectivity index (χ0n) is 11.4. The summed E-state index contributed by atoms with van der Waals surface area (Å²) in [6.45, 7) is 0. The van der Waals surface area contributed by atoms with E-state index in [1.54, 1.807) is 12.1 Å². The van der Waals surface area contributed by atoms with Crippen LogP contribution in [0.5, 0.6) is 0 Å². The van der Waals surface area contributed by atoms with Gasteiger partial charge in [0, 0.05) is 9.99 Å². The lowest BCUT2D eigenvalue weighted by Gasteiger charge is -2.15. The number of carbonyl (C=O) groups is 2. The summed E-state index contributed by atoms with van der Waals surface area (Å²) >= 11 is 2.10. The summed E-state index contributed by atoms with van der Waals surface area (Å²) in [5, 5.41) is 11.6. The van der Waals surface area contributed by atoms with E-state index in [-0.39, 0.29) is 12.0 Å². The fourth-order valence-corrected chi connectivity index (χ4v) is 2.57. The zero-order chi connectivity index (χ0) is 16.1. The Hall–Kier alpha value is -1.96. The fourth-order valence-electron chi connectivity index (χ4n) is 1.97. The summed E-state index contributed by atoms with van der Waals surface area (Å²) in [5.74, 6) is -2.58. The van der Waals surface area contributed by atoms with Crippen LogP contribution in [0.15, 0.2) is 48.5 Å². The lowest BCUT2D eigenvalue weighted by molar-refractivity contribution is -0.139. The second-order valence-corrected chi connectivity index (χ2v) is 5.80. The minimum atomic E-state index is -1.16. The summed E-state index contributed by atoms with van der Waals surface area (Å²) in [6.07, 6.45) is 0.134. The van der Waals surface area contributed by atoms with Crippen LogP contribution in [0.3, 0.4) is 0 Å². The minimum absolute atomic E-state index is 0.134. The van der Waals surface area contributed by atoms with Gasteiger partial charge in [-0.1, -0.05) is 30.3 Å². The molecule has 1 amide bonds. The molecule has 0 aliphatic rings. The molecule has 2 aromatic carbocycles. The van der Waals surface area contributed by atoms with E-state index >= 15 is 0 Å². The number of hydrogen-bond acceptors (Lipinski definition) is 2. The lowest BCUT2D eigenvalue weighted by Crippen LogP contribution is -2.42. The van der Waals surface area contributed by atoms with Crippen molar-refractivity contribution >= 4 is 34.5 Å². The Kier molecular flexibility index (Phi) is 5.48. The van der Waals surface area contributed by atoms with Gasteiger partial charge in [-0.05, 0) is 46.4 Å². The van der Waals surface area contributed by atoms with Crippen molar-refractivity contribution in [2.24, 2.45) is 0 Å². The summed E-state index contributed by atoms with van der Waals surface area (Å²) in [5.41, 5.74) is 0.640. The van der Waals surface area contributed by atoms with E-state index in [0.717, 1.165) is 15.2 Å². The number of hydrogen-bond donors (Lipinski definition) is 2. The smallest absolute Gasteiger partial charge is 0.326 e. The van der Waals surface area contributed by atoms with Crippen LogP contribution in [-0.4, -0.2) is 23.0 Å². The molecule has 1 atom stereocenters. The largest absolute Gasteiger partial charge is 0.480 e. The van der Waals surface area contributed by atoms with E-state index in [4.69, 9.17) is 0 Å². The highest BCUT2D eigenvalue weighted by molar-refractivity contribution is 14.1. The van der Waals surface area contributed by atoms with Gasteiger partial charge >= 0.3 is 5.97 Å². The van der Waals surface area contributed by atoms with Crippen LogP contribution in [0.2, 0.25) is 0 Å². The molecule has 0 aromatic heterocycles. The zero-order valence-corrected chi connectivity index (χ0v) is 13.6. The molecule has 22 heavy (non-hydrogen) atoms. The fraction of sp³-hybridized carbons (Fsp3) is 0.125. The first kappa shape index (κ1) is 16.4. The number of carboxylic acids is 1. The predicted molar refractivity (Wildman–Crippen MR) is 88.2 cm³/mol. The van der Waals surface area contributed by atoms with Gasteiger partial charge < -0.3 is 10.4 Å². The Morgan fingerprint density at radius 2 is 1.77 bits per heavy atom. The summed E-state index contributed by atoms with van der Waals surface area (Å²) in [6, 6.07) is 11.6. The average molecular weight is 413 g/mol. The van der Waals surface area contributed by atoms with Crippen LogP contribution in [0.25, 0.3) is 0 Å². The Bertz CT molecular complexity index is 705. The van der Waals surface area contributed by atoms with Crippen molar-refractivity contribution in [1.29, 1.82) is 0 Å². The molecule has 114 valence electrons. The molecule has 0 spiro atoms. The molecule has 6 heteroatoms. The number of carbonyl (C=O) groups excluding carboxylic acids is 1. The Morgan fingerprint density at radius 1 is 1.14 bits per heavy atom. The number of halogens is 2. The highest BCUT2D eigenvalue weighted by atomic mass is 127. The van der Waals surface area contributed by atoms with Gasteiger partial charge in [-0.2, -0.15) is 0 Å². The monoisotopic (exact) mass is 413 g/mol. The summed E-state index contributed by atoms with van der Waals surface area (Å²) < 4.78 is 14.5. The molecule has 0 fully saturated rings. The summed E-state index contributed by atoms with van der Waals surface area (Å²) in [4.78, 5) is 23.4. The maximum atomic E-state index is 13.6. The van der Waals surface area contributed by atoms with Gasteiger partial charge in [-0.15, -0.1) is 0 Å². The van der Waals surface area contributed by atoms with Gasteiger partial charge in [-0.25, -0.2) is 9.18 Å². The van der Waals surface area contributed by atoms with Crippen molar-refractivity contribution in [1.82, 2.24) is 5.32 Å². The van der Waals surface area contributed by atoms with Crippen molar-refractivity contribution in [3.8, 4) is 0 Å². The number of carboxylic acid groups (broad SMARTS) is 1. The highest BCUT2D eigenvalue weighted by Crippen LogP contribution is 2.14. The Balaban J connectivity index is 2.16. The van der Waals surface area contributed by atoms with E-state index < -0.39 is 23.7 Å². The van der Waals surface area contributed by atoms with Crippen molar-refractivity contribution in [2.75, 3.05) is 0 Å². The Labute approximate surface area is 140 Å². The second-order valence-electron chi connectivity index (χ2n) is 4.64. The molecule has 4 nitrogen and oxygen atoms in total. The normalized spacial score (nSPS) is 11.7. The molecule has 0 aliphatic carbocycles. The first-order valence-electron chi connectivity index (χ1n) is 6.50. The third kappa shape index (κ3) is 4.03. The maximum absolute atomic E-state index is 13.6. The van der Waals surface area contributed by atoms with E-state index in [9.17, 15) is 19.1 Å². The van der Waals surface area contributed by atoms with Gasteiger partial charge in [0.05, 0.1) is 5.56 Å². The van der Waals surface area contributed by atoms with Crippen LogP contribution in [-0.2, 0) is 11.2 Å². The van der Waals surface area contributed by atoms with E-state index in [1.807, 2.05) is 12.1 Å². The third-order valence-electron chi connectivity index (χ3n) is 3.10. The van der Waals surface area contributed by atoms with Gasteiger partial charge in [-0.3, -0.25) is 4.79 Å². The molecule has 0 bridgehead atoms. The van der Waals surface area contributed by atoms with E-state index in [1.165, 1.54) is 18.2 Å². The number of nitrogens with one attached hydrogen (secondary N) is 1. The number of aliphatic carboxylic acids is 1. The van der Waals surface area contributed by atoms with Gasteiger partial charge in [0.2, 0.25) is 0 Å². The maximum Gasteiger partial charge on any atom is 0.326 e. The van der Waals surface area contributed by atoms with Crippen LogP contribution in [0.4, 0.5) is 4.39 Å². The van der Waals surface area contributed by atoms with Crippen LogP contribution in [0, 0.1) is 9.39 Å². The average Bonchev–Trinajstić information content (AvgIpc) is 2.49. The van der Waals surface area contributed by atoms with Crippen LogP contribution < -0.4 is 5.32 Å².